The molecule has 0 fully saturated rings. The van der Waals surface area contributed by atoms with Crippen LogP contribution >= 0.6 is 11.8 Å². The number of aromatic carboxylic acids is 1. The zero-order chi connectivity index (χ0) is 15.0. The maximum absolute atomic E-state index is 13.5. The van der Waals surface area contributed by atoms with Gasteiger partial charge >= 0.3 is 12.0 Å². The molecule has 0 aliphatic rings. The van der Waals surface area contributed by atoms with Crippen molar-refractivity contribution >= 4 is 29.4 Å². The lowest BCUT2D eigenvalue weighted by molar-refractivity contribution is 0.0697. The number of urea groups is 1. The molecule has 0 saturated carbocycles. The van der Waals surface area contributed by atoms with E-state index in [4.69, 9.17) is 5.11 Å². The molecule has 0 aliphatic carbocycles. The summed E-state index contributed by atoms with van der Waals surface area (Å²) in [4.78, 5) is 22.5. The number of nitrogens with one attached hydrogen (secondary N) is 2. The molecule has 7 heteroatoms. The molecule has 2 amide bonds. The van der Waals surface area contributed by atoms with Gasteiger partial charge in [0.25, 0.3) is 0 Å². The highest BCUT2D eigenvalue weighted by atomic mass is 32.2. The minimum atomic E-state index is -1.30. The van der Waals surface area contributed by atoms with Crippen LogP contribution in [0.25, 0.3) is 0 Å². The highest BCUT2D eigenvalue weighted by Gasteiger charge is 2.16. The van der Waals surface area contributed by atoms with Crippen LogP contribution in [0.15, 0.2) is 30.9 Å². The van der Waals surface area contributed by atoms with Crippen LogP contribution < -0.4 is 10.6 Å². The highest BCUT2D eigenvalue weighted by molar-refractivity contribution is 7.99. The first kappa shape index (κ1) is 16.0. The Balaban J connectivity index is 2.57. The van der Waals surface area contributed by atoms with Gasteiger partial charge in [-0.05, 0) is 12.1 Å². The molecule has 0 unspecified atom stereocenters. The molecule has 0 bridgehead atoms. The summed E-state index contributed by atoms with van der Waals surface area (Å²) < 4.78 is 13.5. The molecular weight excluding hydrogens is 283 g/mol. The third-order valence-electron chi connectivity index (χ3n) is 2.25. The van der Waals surface area contributed by atoms with Crippen LogP contribution in [-0.2, 0) is 0 Å². The molecule has 0 saturated heterocycles. The molecule has 0 spiro atoms. The number of anilines is 1. The van der Waals surface area contributed by atoms with E-state index < -0.39 is 17.8 Å². The fourth-order valence-electron chi connectivity index (χ4n) is 1.39. The number of thioether (sulfide) groups is 1. The molecule has 20 heavy (non-hydrogen) atoms. The summed E-state index contributed by atoms with van der Waals surface area (Å²) in [6.07, 6.45) is 1.75. The minimum absolute atomic E-state index is 0.291. The summed E-state index contributed by atoms with van der Waals surface area (Å²) in [6.45, 7) is 3.96. The molecule has 0 atom stereocenters. The van der Waals surface area contributed by atoms with E-state index in [1.807, 2.05) is 0 Å². The molecule has 0 aliphatic heterocycles. The first-order valence-corrected chi connectivity index (χ1v) is 6.97. The van der Waals surface area contributed by atoms with Crippen molar-refractivity contribution in [3.63, 3.8) is 0 Å². The molecule has 0 aromatic heterocycles. The normalized spacial score (nSPS) is 9.85. The number of benzene rings is 1. The van der Waals surface area contributed by atoms with Gasteiger partial charge in [0.1, 0.15) is 5.82 Å². The SMILES string of the molecule is C=CCSCCNC(=O)Nc1c(F)cccc1C(=O)O. The molecule has 1 aromatic rings. The van der Waals surface area contributed by atoms with Gasteiger partial charge in [-0.2, -0.15) is 11.8 Å². The van der Waals surface area contributed by atoms with Gasteiger partial charge in [0.15, 0.2) is 0 Å². The van der Waals surface area contributed by atoms with Crippen LogP contribution in [0.2, 0.25) is 0 Å². The number of amides is 2. The van der Waals surface area contributed by atoms with Gasteiger partial charge in [-0.15, -0.1) is 6.58 Å². The molecule has 108 valence electrons. The predicted molar refractivity (Wildman–Crippen MR) is 77.9 cm³/mol. The Labute approximate surface area is 120 Å². The number of halogens is 1. The first-order valence-electron chi connectivity index (χ1n) is 5.81. The Hall–Kier alpha value is -2.02. The van der Waals surface area contributed by atoms with E-state index in [9.17, 15) is 14.0 Å². The Morgan fingerprint density at radius 2 is 2.20 bits per heavy atom. The zero-order valence-electron chi connectivity index (χ0n) is 10.7. The van der Waals surface area contributed by atoms with Crippen molar-refractivity contribution in [3.05, 3.63) is 42.2 Å². The molecule has 3 N–H and O–H groups in total. The maximum Gasteiger partial charge on any atom is 0.337 e. The summed E-state index contributed by atoms with van der Waals surface area (Å²) in [5.41, 5.74) is -0.627. The monoisotopic (exact) mass is 298 g/mol. The number of rotatable bonds is 7. The molecule has 0 heterocycles. The number of hydrogen-bond donors (Lipinski definition) is 3. The van der Waals surface area contributed by atoms with E-state index in [0.29, 0.717) is 12.3 Å². The second-order valence-electron chi connectivity index (χ2n) is 3.71. The Bertz CT molecular complexity index is 508. The van der Waals surface area contributed by atoms with Crippen molar-refractivity contribution in [2.45, 2.75) is 0 Å². The summed E-state index contributed by atoms with van der Waals surface area (Å²) in [7, 11) is 0. The van der Waals surface area contributed by atoms with Gasteiger partial charge in [-0.3, -0.25) is 0 Å². The van der Waals surface area contributed by atoms with Crippen LogP contribution in [-0.4, -0.2) is 35.2 Å². The van der Waals surface area contributed by atoms with Crippen molar-refractivity contribution in [2.75, 3.05) is 23.4 Å². The second kappa shape index (κ2) is 8.21. The topological polar surface area (TPSA) is 78.4 Å². The second-order valence-corrected chi connectivity index (χ2v) is 4.86. The molecule has 1 aromatic carbocycles. The average Bonchev–Trinajstić information content (AvgIpc) is 2.40. The standard InChI is InChI=1S/C13H15FN2O3S/c1-2-7-20-8-6-15-13(19)16-11-9(12(17)18)4-3-5-10(11)14/h2-5H,1,6-8H2,(H,17,18)(H2,15,16,19). The fourth-order valence-corrected chi connectivity index (χ4v) is 1.97. The third kappa shape index (κ3) is 4.93. The van der Waals surface area contributed by atoms with Gasteiger partial charge in [0, 0.05) is 18.1 Å². The van der Waals surface area contributed by atoms with Crippen molar-refractivity contribution in [1.82, 2.24) is 5.32 Å². The van der Waals surface area contributed by atoms with Gasteiger partial charge in [0.05, 0.1) is 11.3 Å². The number of carbonyl (C=O) groups is 2. The number of carbonyl (C=O) groups excluding carboxylic acids is 1. The molecule has 0 radical (unpaired) electrons. The predicted octanol–water partition coefficient (Wildman–Crippen LogP) is 2.56. The minimum Gasteiger partial charge on any atom is -0.478 e. The van der Waals surface area contributed by atoms with E-state index in [2.05, 4.69) is 17.2 Å². The largest absolute Gasteiger partial charge is 0.478 e. The van der Waals surface area contributed by atoms with Crippen LogP contribution in [0.1, 0.15) is 10.4 Å². The average molecular weight is 298 g/mol. The smallest absolute Gasteiger partial charge is 0.337 e. The number of hydrogen-bond acceptors (Lipinski definition) is 3. The quantitative estimate of drug-likeness (QED) is 0.534. The van der Waals surface area contributed by atoms with Crippen molar-refractivity contribution in [2.24, 2.45) is 0 Å². The van der Waals surface area contributed by atoms with Gasteiger partial charge < -0.3 is 15.7 Å². The Kier molecular flexibility index (Phi) is 6.58. The zero-order valence-corrected chi connectivity index (χ0v) is 11.5. The summed E-state index contributed by atoms with van der Waals surface area (Å²) in [5.74, 6) is -0.634. The maximum atomic E-state index is 13.5. The van der Waals surface area contributed by atoms with Gasteiger partial charge in [-0.25, -0.2) is 14.0 Å². The first-order chi connectivity index (χ1) is 9.56. The number of carboxylic acid groups (broad SMARTS) is 1. The molecule has 1 rings (SSSR count). The van der Waals surface area contributed by atoms with E-state index in [0.717, 1.165) is 11.8 Å². The lowest BCUT2D eigenvalue weighted by atomic mass is 10.1. The van der Waals surface area contributed by atoms with Crippen LogP contribution in [0.4, 0.5) is 14.9 Å². The van der Waals surface area contributed by atoms with E-state index in [1.54, 1.807) is 17.8 Å². The van der Waals surface area contributed by atoms with E-state index in [1.165, 1.54) is 12.1 Å². The third-order valence-corrected chi connectivity index (χ3v) is 3.21. The Morgan fingerprint density at radius 1 is 1.45 bits per heavy atom. The van der Waals surface area contributed by atoms with Crippen LogP contribution in [0.5, 0.6) is 0 Å². The number of para-hydroxylation sites is 1. The molecular formula is C13H15FN2O3S. The van der Waals surface area contributed by atoms with Gasteiger partial charge in [-0.1, -0.05) is 12.1 Å². The molecule has 5 nitrogen and oxygen atoms in total. The van der Waals surface area contributed by atoms with Crippen molar-refractivity contribution < 1.29 is 19.1 Å². The summed E-state index contributed by atoms with van der Waals surface area (Å²) in [5, 5.41) is 13.7. The number of carboxylic acids is 1. The van der Waals surface area contributed by atoms with Crippen LogP contribution in [0, 0.1) is 5.82 Å². The lowest BCUT2D eigenvalue weighted by Crippen LogP contribution is -2.31. The Morgan fingerprint density at radius 3 is 2.85 bits per heavy atom. The summed E-state index contributed by atoms with van der Waals surface area (Å²) in [6, 6.07) is 2.94. The summed E-state index contributed by atoms with van der Waals surface area (Å²) >= 11 is 1.58. The van der Waals surface area contributed by atoms with E-state index in [-0.39, 0.29) is 11.3 Å². The highest BCUT2D eigenvalue weighted by Crippen LogP contribution is 2.19. The van der Waals surface area contributed by atoms with Gasteiger partial charge in [0.2, 0.25) is 0 Å². The van der Waals surface area contributed by atoms with Crippen molar-refractivity contribution in [1.29, 1.82) is 0 Å². The van der Waals surface area contributed by atoms with Crippen LogP contribution in [0.3, 0.4) is 0 Å². The van der Waals surface area contributed by atoms with E-state index >= 15 is 0 Å². The fraction of sp³-hybridized carbons (Fsp3) is 0.231. The lowest BCUT2D eigenvalue weighted by Gasteiger charge is -2.10. The van der Waals surface area contributed by atoms with Crippen molar-refractivity contribution in [3.8, 4) is 0 Å².